The van der Waals surface area contributed by atoms with E-state index in [0.29, 0.717) is 31.8 Å². The van der Waals surface area contributed by atoms with Crippen LogP contribution >= 0.6 is 0 Å². The quantitative estimate of drug-likeness (QED) is 0.848. The third-order valence-electron chi connectivity index (χ3n) is 4.92. The molecule has 25 heavy (non-hydrogen) atoms. The van der Waals surface area contributed by atoms with Gasteiger partial charge in [0.2, 0.25) is 5.91 Å². The highest BCUT2D eigenvalue weighted by atomic mass is 19.4. The molecule has 2 atom stereocenters. The van der Waals surface area contributed by atoms with E-state index in [9.17, 15) is 18.0 Å². The maximum absolute atomic E-state index is 13.2. The normalized spacial score (nSPS) is 22.6. The second-order valence-electron chi connectivity index (χ2n) is 6.90. The van der Waals surface area contributed by atoms with Crippen molar-refractivity contribution in [2.75, 3.05) is 24.5 Å². The SMILES string of the molecule is NC(CNC(=O)C1CCCN(c2ncccc2C(F)(F)F)C1)C1CC1. The van der Waals surface area contributed by atoms with Gasteiger partial charge in [-0.15, -0.1) is 0 Å². The zero-order chi connectivity index (χ0) is 18.0. The van der Waals surface area contributed by atoms with Crippen LogP contribution in [-0.4, -0.2) is 36.6 Å². The van der Waals surface area contributed by atoms with Crippen LogP contribution in [-0.2, 0) is 11.0 Å². The van der Waals surface area contributed by atoms with Crippen LogP contribution in [0.2, 0.25) is 0 Å². The molecule has 8 heteroatoms. The number of pyridine rings is 1. The Bertz CT molecular complexity index is 618. The fourth-order valence-electron chi connectivity index (χ4n) is 3.31. The minimum Gasteiger partial charge on any atom is -0.355 e. The molecule has 1 aromatic heterocycles. The molecule has 0 aromatic carbocycles. The molecule has 5 nitrogen and oxygen atoms in total. The summed E-state index contributed by atoms with van der Waals surface area (Å²) in [6.07, 6.45) is 0.414. The number of halogens is 3. The van der Waals surface area contributed by atoms with Gasteiger partial charge in [0.05, 0.1) is 11.5 Å². The number of amides is 1. The summed E-state index contributed by atoms with van der Waals surface area (Å²) < 4.78 is 39.6. The zero-order valence-corrected chi connectivity index (χ0v) is 13.9. The Hall–Kier alpha value is -1.83. The number of nitrogens with one attached hydrogen (secondary N) is 1. The third-order valence-corrected chi connectivity index (χ3v) is 4.92. The number of nitrogens with two attached hydrogens (primary N) is 1. The molecule has 1 amide bonds. The van der Waals surface area contributed by atoms with Crippen LogP contribution in [0.5, 0.6) is 0 Å². The van der Waals surface area contributed by atoms with Gasteiger partial charge in [-0.2, -0.15) is 13.2 Å². The first-order chi connectivity index (χ1) is 11.9. The molecule has 3 rings (SSSR count). The van der Waals surface area contributed by atoms with E-state index in [4.69, 9.17) is 5.73 Å². The van der Waals surface area contributed by atoms with E-state index < -0.39 is 11.7 Å². The largest absolute Gasteiger partial charge is 0.419 e. The number of hydrogen-bond donors (Lipinski definition) is 2. The summed E-state index contributed by atoms with van der Waals surface area (Å²) >= 11 is 0. The first kappa shape index (κ1) is 18.0. The first-order valence-corrected chi connectivity index (χ1v) is 8.66. The molecule has 3 N–H and O–H groups in total. The smallest absolute Gasteiger partial charge is 0.355 e. The van der Waals surface area contributed by atoms with E-state index in [1.54, 1.807) is 4.90 Å². The number of anilines is 1. The van der Waals surface area contributed by atoms with Gasteiger partial charge in [0.1, 0.15) is 5.82 Å². The minimum absolute atomic E-state index is 0.0312. The summed E-state index contributed by atoms with van der Waals surface area (Å²) in [6.45, 7) is 1.13. The van der Waals surface area contributed by atoms with E-state index in [2.05, 4.69) is 10.3 Å². The average molecular weight is 356 g/mol. The molecule has 0 spiro atoms. The van der Waals surface area contributed by atoms with Crippen molar-refractivity contribution in [1.29, 1.82) is 0 Å². The maximum Gasteiger partial charge on any atom is 0.419 e. The predicted octanol–water partition coefficient (Wildman–Crippen LogP) is 2.17. The van der Waals surface area contributed by atoms with Crippen LogP contribution in [0.3, 0.4) is 0 Å². The van der Waals surface area contributed by atoms with Gasteiger partial charge in [-0.25, -0.2) is 4.98 Å². The van der Waals surface area contributed by atoms with E-state index in [1.165, 1.54) is 12.3 Å². The second-order valence-corrected chi connectivity index (χ2v) is 6.90. The van der Waals surface area contributed by atoms with E-state index in [-0.39, 0.29) is 30.2 Å². The highest BCUT2D eigenvalue weighted by molar-refractivity contribution is 5.79. The highest BCUT2D eigenvalue weighted by Crippen LogP contribution is 2.36. The summed E-state index contributed by atoms with van der Waals surface area (Å²) in [5.74, 6) is -0.0817. The average Bonchev–Trinajstić information content (AvgIpc) is 3.44. The second kappa shape index (κ2) is 7.19. The number of hydrogen-bond acceptors (Lipinski definition) is 4. The highest BCUT2D eigenvalue weighted by Gasteiger charge is 2.37. The Morgan fingerprint density at radius 2 is 2.16 bits per heavy atom. The van der Waals surface area contributed by atoms with Gasteiger partial charge in [0, 0.05) is 31.9 Å². The lowest BCUT2D eigenvalue weighted by Crippen LogP contribution is -2.46. The molecule has 1 aromatic rings. The Morgan fingerprint density at radius 3 is 2.84 bits per heavy atom. The summed E-state index contributed by atoms with van der Waals surface area (Å²) in [6, 6.07) is 2.27. The number of piperidine rings is 1. The van der Waals surface area contributed by atoms with Crippen LogP contribution in [0.15, 0.2) is 18.3 Å². The van der Waals surface area contributed by atoms with Crippen LogP contribution in [0.1, 0.15) is 31.2 Å². The molecule has 1 aliphatic carbocycles. The van der Waals surface area contributed by atoms with Crippen LogP contribution < -0.4 is 16.0 Å². The molecule has 1 saturated carbocycles. The van der Waals surface area contributed by atoms with E-state index in [1.807, 2.05) is 0 Å². The Balaban J connectivity index is 1.64. The first-order valence-electron chi connectivity index (χ1n) is 8.66. The Labute approximate surface area is 144 Å². The minimum atomic E-state index is -4.46. The number of alkyl halides is 3. The molecule has 0 bridgehead atoms. The fraction of sp³-hybridized carbons (Fsp3) is 0.647. The molecule has 138 valence electrons. The number of rotatable bonds is 5. The fourth-order valence-corrected chi connectivity index (χ4v) is 3.31. The van der Waals surface area contributed by atoms with Crippen molar-refractivity contribution < 1.29 is 18.0 Å². The summed E-state index contributed by atoms with van der Waals surface area (Å²) in [4.78, 5) is 17.9. The van der Waals surface area contributed by atoms with Gasteiger partial charge in [-0.1, -0.05) is 0 Å². The molecule has 2 aliphatic rings. The van der Waals surface area contributed by atoms with Gasteiger partial charge in [0.25, 0.3) is 0 Å². The molecule has 1 saturated heterocycles. The van der Waals surface area contributed by atoms with E-state index >= 15 is 0 Å². The Morgan fingerprint density at radius 1 is 1.40 bits per heavy atom. The standard InChI is InChI=1S/C17H23F3N4O/c18-17(19,20)13-4-1-7-22-15(13)24-8-2-3-12(10-24)16(25)23-9-14(21)11-5-6-11/h1,4,7,11-12,14H,2-3,5-6,8-10,21H2,(H,23,25). The monoisotopic (exact) mass is 356 g/mol. The predicted molar refractivity (Wildman–Crippen MR) is 87.9 cm³/mol. The van der Waals surface area contributed by atoms with E-state index in [0.717, 1.165) is 18.9 Å². The van der Waals surface area contributed by atoms with Crippen molar-refractivity contribution in [1.82, 2.24) is 10.3 Å². The summed E-state index contributed by atoms with van der Waals surface area (Å²) in [5, 5.41) is 2.86. The molecule has 2 heterocycles. The van der Waals surface area contributed by atoms with Crippen molar-refractivity contribution in [3.8, 4) is 0 Å². The lowest BCUT2D eigenvalue weighted by molar-refractivity contribution is -0.137. The lowest BCUT2D eigenvalue weighted by atomic mass is 9.96. The van der Waals surface area contributed by atoms with Gasteiger partial charge in [-0.3, -0.25) is 4.79 Å². The summed E-state index contributed by atoms with van der Waals surface area (Å²) in [7, 11) is 0. The van der Waals surface area contributed by atoms with Gasteiger partial charge in [-0.05, 0) is 43.7 Å². The maximum atomic E-state index is 13.2. The molecule has 2 fully saturated rings. The third kappa shape index (κ3) is 4.42. The number of carbonyl (C=O) groups excluding carboxylic acids is 1. The van der Waals surface area contributed by atoms with Crippen LogP contribution in [0.4, 0.5) is 19.0 Å². The van der Waals surface area contributed by atoms with Crippen molar-refractivity contribution in [2.45, 2.75) is 37.9 Å². The molecule has 2 unspecified atom stereocenters. The van der Waals surface area contributed by atoms with Gasteiger partial charge < -0.3 is 16.0 Å². The molecule has 0 radical (unpaired) electrons. The lowest BCUT2D eigenvalue weighted by Gasteiger charge is -2.34. The van der Waals surface area contributed by atoms with Crippen molar-refractivity contribution in [3.63, 3.8) is 0 Å². The van der Waals surface area contributed by atoms with Gasteiger partial charge in [0.15, 0.2) is 0 Å². The number of aromatic nitrogens is 1. The molecular formula is C17H23F3N4O. The number of carbonyl (C=O) groups is 1. The van der Waals surface area contributed by atoms with Crippen molar-refractivity contribution in [3.05, 3.63) is 23.9 Å². The molecule has 1 aliphatic heterocycles. The summed E-state index contributed by atoms with van der Waals surface area (Å²) in [5.41, 5.74) is 5.23. The molecular weight excluding hydrogens is 333 g/mol. The van der Waals surface area contributed by atoms with Crippen molar-refractivity contribution >= 4 is 11.7 Å². The van der Waals surface area contributed by atoms with Gasteiger partial charge >= 0.3 is 6.18 Å². The zero-order valence-electron chi connectivity index (χ0n) is 13.9. The van der Waals surface area contributed by atoms with Crippen molar-refractivity contribution in [2.24, 2.45) is 17.6 Å². The van der Waals surface area contributed by atoms with Crippen LogP contribution in [0, 0.1) is 11.8 Å². The topological polar surface area (TPSA) is 71.2 Å². The Kier molecular flexibility index (Phi) is 5.17. The number of nitrogens with zero attached hydrogens (tertiary/aromatic N) is 2. The van der Waals surface area contributed by atoms with Crippen LogP contribution in [0.25, 0.3) is 0 Å².